The maximum absolute atomic E-state index is 10.7. The second-order valence-electron chi connectivity index (χ2n) is 5.45. The van der Waals surface area contributed by atoms with Gasteiger partial charge in [0, 0.05) is 23.7 Å². The smallest absolute Gasteiger partial charge is 0.303 e. The Hall–Kier alpha value is -1.62. The standard InChI is InChI=1S/C18H18Cl3NO3/c1-2-22-14-6-12(5-13(19)9-14)10-25-18-15(20)7-11(8-16(18)21)3-4-17(23)24/h5-9,22H,2-4,10H2,1H3,(H,23,24). The first-order valence-corrected chi connectivity index (χ1v) is 8.88. The van der Waals surface area contributed by atoms with Gasteiger partial charge in [-0.1, -0.05) is 34.8 Å². The predicted molar refractivity (Wildman–Crippen MR) is 102 cm³/mol. The van der Waals surface area contributed by atoms with Gasteiger partial charge in [-0.15, -0.1) is 0 Å². The second-order valence-corrected chi connectivity index (χ2v) is 6.70. The van der Waals surface area contributed by atoms with Crippen molar-refractivity contribution in [2.75, 3.05) is 11.9 Å². The Labute approximate surface area is 161 Å². The summed E-state index contributed by atoms with van der Waals surface area (Å²) in [6, 6.07) is 8.94. The van der Waals surface area contributed by atoms with E-state index in [0.717, 1.165) is 23.4 Å². The molecule has 0 bridgehead atoms. The first-order valence-electron chi connectivity index (χ1n) is 7.75. The monoisotopic (exact) mass is 401 g/mol. The van der Waals surface area contributed by atoms with Crippen LogP contribution in [-0.2, 0) is 17.8 Å². The van der Waals surface area contributed by atoms with Crippen LogP contribution in [-0.4, -0.2) is 17.6 Å². The minimum absolute atomic E-state index is 0.0164. The Morgan fingerprint density at radius 1 is 1.08 bits per heavy atom. The largest absolute Gasteiger partial charge is 0.486 e. The molecule has 0 fully saturated rings. The molecule has 0 saturated carbocycles. The molecule has 25 heavy (non-hydrogen) atoms. The minimum atomic E-state index is -0.870. The van der Waals surface area contributed by atoms with Gasteiger partial charge in [0.2, 0.25) is 0 Å². The van der Waals surface area contributed by atoms with Crippen molar-refractivity contribution in [2.24, 2.45) is 0 Å². The van der Waals surface area contributed by atoms with Crippen LogP contribution in [0.2, 0.25) is 15.1 Å². The number of carboxylic acid groups (broad SMARTS) is 1. The Bertz CT molecular complexity index is 742. The lowest BCUT2D eigenvalue weighted by atomic mass is 10.1. The van der Waals surface area contributed by atoms with Crippen LogP contribution in [0.3, 0.4) is 0 Å². The molecular formula is C18H18Cl3NO3. The van der Waals surface area contributed by atoms with Gasteiger partial charge in [0.1, 0.15) is 6.61 Å². The van der Waals surface area contributed by atoms with Crippen molar-refractivity contribution in [1.29, 1.82) is 0 Å². The van der Waals surface area contributed by atoms with Crippen molar-refractivity contribution in [3.63, 3.8) is 0 Å². The number of nitrogens with one attached hydrogen (secondary N) is 1. The zero-order valence-electron chi connectivity index (χ0n) is 13.6. The Balaban J connectivity index is 2.11. The third kappa shape index (κ3) is 5.99. The third-order valence-electron chi connectivity index (χ3n) is 3.41. The van der Waals surface area contributed by atoms with E-state index in [0.29, 0.717) is 27.2 Å². The number of hydrogen-bond acceptors (Lipinski definition) is 3. The van der Waals surface area contributed by atoms with Gasteiger partial charge in [-0.25, -0.2) is 0 Å². The number of rotatable bonds is 8. The van der Waals surface area contributed by atoms with Crippen molar-refractivity contribution in [1.82, 2.24) is 0 Å². The molecule has 0 spiro atoms. The second kappa shape index (κ2) is 9.18. The lowest BCUT2D eigenvalue weighted by Crippen LogP contribution is -2.01. The molecule has 0 amide bonds. The van der Waals surface area contributed by atoms with Gasteiger partial charge in [-0.2, -0.15) is 0 Å². The van der Waals surface area contributed by atoms with Crippen LogP contribution in [0.1, 0.15) is 24.5 Å². The number of carbonyl (C=O) groups is 1. The van der Waals surface area contributed by atoms with Gasteiger partial charge in [-0.05, 0) is 54.8 Å². The molecule has 2 aromatic rings. The summed E-state index contributed by atoms with van der Waals surface area (Å²) >= 11 is 18.6. The van der Waals surface area contributed by atoms with Crippen LogP contribution in [0, 0.1) is 0 Å². The molecule has 0 unspecified atom stereocenters. The quantitative estimate of drug-likeness (QED) is 0.597. The molecule has 2 N–H and O–H groups in total. The highest BCUT2D eigenvalue weighted by molar-refractivity contribution is 6.37. The van der Waals surface area contributed by atoms with Crippen LogP contribution in [0.25, 0.3) is 0 Å². The minimum Gasteiger partial charge on any atom is -0.486 e. The molecule has 0 aliphatic carbocycles. The molecule has 0 atom stereocenters. The van der Waals surface area contributed by atoms with Crippen LogP contribution in [0.5, 0.6) is 5.75 Å². The predicted octanol–water partition coefficient (Wildman–Crippen LogP) is 5.67. The molecule has 2 aromatic carbocycles. The fraction of sp³-hybridized carbons (Fsp3) is 0.278. The maximum Gasteiger partial charge on any atom is 0.303 e. The van der Waals surface area contributed by atoms with Crippen LogP contribution in [0.4, 0.5) is 5.69 Å². The molecule has 134 valence electrons. The number of aryl methyl sites for hydroxylation is 1. The molecule has 7 heteroatoms. The number of halogens is 3. The number of hydrogen-bond donors (Lipinski definition) is 2. The molecule has 2 rings (SSSR count). The average Bonchev–Trinajstić information content (AvgIpc) is 2.52. The topological polar surface area (TPSA) is 58.6 Å². The van der Waals surface area contributed by atoms with Crippen molar-refractivity contribution >= 4 is 46.5 Å². The van der Waals surface area contributed by atoms with E-state index >= 15 is 0 Å². The molecule has 0 saturated heterocycles. The molecule has 0 aliphatic rings. The van der Waals surface area contributed by atoms with E-state index in [1.165, 1.54) is 0 Å². The number of carboxylic acids is 1. The van der Waals surface area contributed by atoms with Gasteiger partial charge in [-0.3, -0.25) is 4.79 Å². The highest BCUT2D eigenvalue weighted by Crippen LogP contribution is 2.35. The molecule has 0 aromatic heterocycles. The zero-order valence-corrected chi connectivity index (χ0v) is 15.9. The van der Waals surface area contributed by atoms with Crippen LogP contribution in [0.15, 0.2) is 30.3 Å². The number of ether oxygens (including phenoxy) is 1. The third-order valence-corrected chi connectivity index (χ3v) is 4.19. The maximum atomic E-state index is 10.7. The van der Waals surface area contributed by atoms with Gasteiger partial charge in [0.25, 0.3) is 0 Å². The van der Waals surface area contributed by atoms with Crippen molar-refractivity contribution in [3.05, 3.63) is 56.5 Å². The van der Waals surface area contributed by atoms with E-state index in [9.17, 15) is 4.79 Å². The summed E-state index contributed by atoms with van der Waals surface area (Å²) in [4.78, 5) is 10.7. The van der Waals surface area contributed by atoms with E-state index in [4.69, 9.17) is 44.6 Å². The van der Waals surface area contributed by atoms with Gasteiger partial charge in [0.15, 0.2) is 5.75 Å². The van der Waals surface area contributed by atoms with Gasteiger partial charge in [0.05, 0.1) is 10.0 Å². The first kappa shape index (κ1) is 19.7. The Morgan fingerprint density at radius 2 is 1.76 bits per heavy atom. The lowest BCUT2D eigenvalue weighted by Gasteiger charge is -2.13. The van der Waals surface area contributed by atoms with E-state index in [1.807, 2.05) is 25.1 Å². The first-order chi connectivity index (χ1) is 11.9. The molecule has 0 aliphatic heterocycles. The highest BCUT2D eigenvalue weighted by atomic mass is 35.5. The molecule has 0 heterocycles. The molecular weight excluding hydrogens is 385 g/mol. The number of anilines is 1. The summed E-state index contributed by atoms with van der Waals surface area (Å²) < 4.78 is 5.76. The summed E-state index contributed by atoms with van der Waals surface area (Å²) in [6.07, 6.45) is 0.373. The molecule has 4 nitrogen and oxygen atoms in total. The SMILES string of the molecule is CCNc1cc(Cl)cc(COc2c(Cl)cc(CCC(=O)O)cc2Cl)c1. The normalized spacial score (nSPS) is 10.6. The Morgan fingerprint density at radius 3 is 2.36 bits per heavy atom. The lowest BCUT2D eigenvalue weighted by molar-refractivity contribution is -0.136. The number of benzene rings is 2. The van der Waals surface area contributed by atoms with E-state index < -0.39 is 5.97 Å². The fourth-order valence-corrected chi connectivity index (χ4v) is 3.24. The highest BCUT2D eigenvalue weighted by Gasteiger charge is 2.11. The summed E-state index contributed by atoms with van der Waals surface area (Å²) in [5.74, 6) is -0.502. The average molecular weight is 403 g/mol. The number of aliphatic carboxylic acids is 1. The molecule has 0 radical (unpaired) electrons. The van der Waals surface area contributed by atoms with Crippen molar-refractivity contribution in [3.8, 4) is 5.75 Å². The van der Waals surface area contributed by atoms with E-state index in [1.54, 1.807) is 12.1 Å². The van der Waals surface area contributed by atoms with Crippen LogP contribution < -0.4 is 10.1 Å². The summed E-state index contributed by atoms with van der Waals surface area (Å²) in [5, 5.41) is 13.3. The van der Waals surface area contributed by atoms with Crippen molar-refractivity contribution in [2.45, 2.75) is 26.4 Å². The summed E-state index contributed by atoms with van der Waals surface area (Å²) in [7, 11) is 0. The van der Waals surface area contributed by atoms with Gasteiger partial charge >= 0.3 is 5.97 Å². The van der Waals surface area contributed by atoms with Gasteiger partial charge < -0.3 is 15.2 Å². The summed E-state index contributed by atoms with van der Waals surface area (Å²) in [6.45, 7) is 3.05. The Kier molecular flexibility index (Phi) is 7.24. The van der Waals surface area contributed by atoms with Crippen molar-refractivity contribution < 1.29 is 14.6 Å². The zero-order chi connectivity index (χ0) is 18.4. The van der Waals surface area contributed by atoms with Crippen LogP contribution >= 0.6 is 34.8 Å². The summed E-state index contributed by atoms with van der Waals surface area (Å²) in [5.41, 5.74) is 2.54. The van der Waals surface area contributed by atoms with E-state index in [-0.39, 0.29) is 13.0 Å². The van der Waals surface area contributed by atoms with E-state index in [2.05, 4.69) is 5.32 Å². The fourth-order valence-electron chi connectivity index (χ4n) is 2.34.